The molecule has 2 heteroatoms. The molecule has 25 heavy (non-hydrogen) atoms. The van der Waals surface area contributed by atoms with E-state index in [4.69, 9.17) is 0 Å². The summed E-state index contributed by atoms with van der Waals surface area (Å²) >= 11 is -0.0232. The Morgan fingerprint density at radius 2 is 1.52 bits per heavy atom. The van der Waals surface area contributed by atoms with Crippen molar-refractivity contribution in [3.8, 4) is 0 Å². The summed E-state index contributed by atoms with van der Waals surface area (Å²) in [6.45, 7) is 10.4. The predicted octanol–water partition coefficient (Wildman–Crippen LogP) is 5.74. The van der Waals surface area contributed by atoms with Crippen LogP contribution in [0.3, 0.4) is 0 Å². The number of allylic oxidation sites excluding steroid dienone is 5. The molecular formula is C23H32OSe. The Morgan fingerprint density at radius 3 is 2.16 bits per heavy atom. The molecule has 1 nitrogen and oxygen atoms in total. The Balaban J connectivity index is 2.18. The summed E-state index contributed by atoms with van der Waals surface area (Å²) in [6, 6.07) is 10.1. The molecule has 136 valence electrons. The van der Waals surface area contributed by atoms with Crippen LogP contribution in [-0.4, -0.2) is 19.6 Å². The first kappa shape index (κ1) is 21.7. The van der Waals surface area contributed by atoms with Gasteiger partial charge in [-0.1, -0.05) is 5.57 Å². The second-order valence-electron chi connectivity index (χ2n) is 6.78. The van der Waals surface area contributed by atoms with Crippen molar-refractivity contribution < 1.29 is 4.79 Å². The summed E-state index contributed by atoms with van der Waals surface area (Å²) < 4.78 is 1.59. The molecule has 0 spiro atoms. The van der Waals surface area contributed by atoms with Gasteiger partial charge in [-0.15, -0.1) is 6.58 Å². The molecule has 1 aromatic carbocycles. The molecule has 0 amide bonds. The summed E-state index contributed by atoms with van der Waals surface area (Å²) in [5.41, 5.74) is 4.13. The summed E-state index contributed by atoms with van der Waals surface area (Å²) in [5.74, 6) is 0. The monoisotopic (exact) mass is 404 g/mol. The zero-order chi connectivity index (χ0) is 18.5. The Kier molecular flexibility index (Phi) is 11.2. The molecule has 0 aliphatic rings. The molecule has 0 atom stereocenters. The Morgan fingerprint density at radius 1 is 0.920 bits per heavy atom. The van der Waals surface area contributed by atoms with Gasteiger partial charge in [-0.3, -0.25) is 0 Å². The van der Waals surface area contributed by atoms with Crippen molar-refractivity contribution in [3.05, 3.63) is 65.8 Å². The van der Waals surface area contributed by atoms with Gasteiger partial charge in [0.1, 0.15) is 0 Å². The van der Waals surface area contributed by atoms with Gasteiger partial charge in [0, 0.05) is 0 Å². The van der Waals surface area contributed by atoms with Crippen LogP contribution in [0.25, 0.3) is 0 Å². The van der Waals surface area contributed by atoms with Crippen LogP contribution in [0, 0.1) is 0 Å². The van der Waals surface area contributed by atoms with Crippen LogP contribution >= 0.6 is 0 Å². The third-order valence-corrected chi connectivity index (χ3v) is 5.99. The van der Waals surface area contributed by atoms with Crippen LogP contribution in [0.2, 0.25) is 0 Å². The van der Waals surface area contributed by atoms with Gasteiger partial charge in [-0.2, -0.15) is 0 Å². The molecule has 0 fully saturated rings. The van der Waals surface area contributed by atoms with E-state index < -0.39 is 0 Å². The standard InChI is InChI=1S/C23H32OSe/c1-19(2)11-8-12-20(3)13-9-14-21(4)15-10-18-23(24)25-22-16-6-5-7-17-22/h5-7,12,14,16-17H,1,8-11,13,15,18H2,2-4H3/b20-12+,21-14+. The number of carbonyl (C=O) groups excluding carboxylic acids is 1. The van der Waals surface area contributed by atoms with Gasteiger partial charge in [0.15, 0.2) is 0 Å². The van der Waals surface area contributed by atoms with E-state index in [2.05, 4.69) is 51.6 Å². The average molecular weight is 403 g/mol. The van der Waals surface area contributed by atoms with Crippen molar-refractivity contribution in [1.29, 1.82) is 0 Å². The van der Waals surface area contributed by atoms with Crippen molar-refractivity contribution >= 4 is 24.1 Å². The summed E-state index contributed by atoms with van der Waals surface area (Å²) in [7, 11) is 0. The number of carbonyl (C=O) groups is 1. The fourth-order valence-electron chi connectivity index (χ4n) is 2.50. The molecule has 0 saturated heterocycles. The van der Waals surface area contributed by atoms with Crippen LogP contribution in [0.1, 0.15) is 65.7 Å². The van der Waals surface area contributed by atoms with Crippen molar-refractivity contribution in [2.45, 2.75) is 65.7 Å². The van der Waals surface area contributed by atoms with E-state index in [1.165, 1.54) is 21.2 Å². The molecule has 0 heterocycles. The van der Waals surface area contributed by atoms with E-state index in [1.807, 2.05) is 18.2 Å². The first-order valence-corrected chi connectivity index (χ1v) is 10.9. The SMILES string of the molecule is C=C(C)CC/C=C(\C)CC/C=C(\C)CCCC(=O)[Se]c1ccccc1. The van der Waals surface area contributed by atoms with E-state index in [0.29, 0.717) is 11.1 Å². The fraction of sp³-hybridized carbons (Fsp3) is 0.435. The quantitative estimate of drug-likeness (QED) is 0.321. The summed E-state index contributed by atoms with van der Waals surface area (Å²) in [4.78, 5) is 12.0. The van der Waals surface area contributed by atoms with E-state index >= 15 is 0 Å². The van der Waals surface area contributed by atoms with Crippen molar-refractivity contribution in [3.63, 3.8) is 0 Å². The average Bonchev–Trinajstić information content (AvgIpc) is 2.55. The van der Waals surface area contributed by atoms with Gasteiger partial charge in [0.25, 0.3) is 0 Å². The molecule has 1 rings (SSSR count). The first-order valence-electron chi connectivity index (χ1n) is 9.18. The van der Waals surface area contributed by atoms with Crippen molar-refractivity contribution in [2.24, 2.45) is 0 Å². The van der Waals surface area contributed by atoms with Gasteiger partial charge in [-0.25, -0.2) is 0 Å². The fourth-order valence-corrected chi connectivity index (χ4v) is 4.18. The van der Waals surface area contributed by atoms with Crippen molar-refractivity contribution in [2.75, 3.05) is 0 Å². The number of benzene rings is 1. The zero-order valence-electron chi connectivity index (χ0n) is 16.0. The predicted molar refractivity (Wildman–Crippen MR) is 111 cm³/mol. The summed E-state index contributed by atoms with van der Waals surface area (Å²) in [6.07, 6.45) is 11.8. The van der Waals surface area contributed by atoms with Gasteiger partial charge in [0.05, 0.1) is 0 Å². The van der Waals surface area contributed by atoms with Crippen LogP contribution in [0.15, 0.2) is 65.8 Å². The third-order valence-electron chi connectivity index (χ3n) is 4.02. The Labute approximate surface area is 160 Å². The molecule has 0 aliphatic carbocycles. The van der Waals surface area contributed by atoms with Gasteiger partial charge in [0.2, 0.25) is 0 Å². The second-order valence-corrected chi connectivity index (χ2v) is 9.15. The minimum absolute atomic E-state index is 0.0232. The van der Waals surface area contributed by atoms with Gasteiger partial charge >= 0.3 is 141 Å². The maximum atomic E-state index is 12.0. The van der Waals surface area contributed by atoms with E-state index in [-0.39, 0.29) is 15.0 Å². The molecular weight excluding hydrogens is 371 g/mol. The molecule has 0 bridgehead atoms. The molecule has 0 aromatic heterocycles. The second kappa shape index (κ2) is 12.9. The number of rotatable bonds is 12. The first-order chi connectivity index (χ1) is 12.0. The molecule has 0 N–H and O–H groups in total. The summed E-state index contributed by atoms with van der Waals surface area (Å²) in [5, 5.41) is 0. The molecule has 0 unspecified atom stereocenters. The van der Waals surface area contributed by atoms with Crippen LogP contribution in [-0.2, 0) is 4.79 Å². The molecule has 0 aliphatic heterocycles. The van der Waals surface area contributed by atoms with Gasteiger partial charge < -0.3 is 0 Å². The molecule has 1 aromatic rings. The Bertz CT molecular complexity index is 596. The van der Waals surface area contributed by atoms with E-state index in [0.717, 1.165) is 38.5 Å². The van der Waals surface area contributed by atoms with Crippen LogP contribution < -0.4 is 4.46 Å². The third kappa shape index (κ3) is 11.7. The topological polar surface area (TPSA) is 17.1 Å². The van der Waals surface area contributed by atoms with Gasteiger partial charge in [-0.05, 0) is 6.92 Å². The number of hydrogen-bond donors (Lipinski definition) is 0. The minimum atomic E-state index is -0.0232. The molecule has 0 saturated carbocycles. The van der Waals surface area contributed by atoms with Crippen LogP contribution in [0.5, 0.6) is 0 Å². The number of hydrogen-bond acceptors (Lipinski definition) is 1. The Hall–Kier alpha value is -1.37. The van der Waals surface area contributed by atoms with Crippen molar-refractivity contribution in [1.82, 2.24) is 0 Å². The van der Waals surface area contributed by atoms with E-state index in [9.17, 15) is 4.79 Å². The maximum absolute atomic E-state index is 12.0. The zero-order valence-corrected chi connectivity index (χ0v) is 17.7. The van der Waals surface area contributed by atoms with Crippen LogP contribution in [0.4, 0.5) is 0 Å². The van der Waals surface area contributed by atoms with E-state index in [1.54, 1.807) is 0 Å². The normalized spacial score (nSPS) is 12.3. The molecule has 0 radical (unpaired) electrons.